The fourth-order valence-electron chi connectivity index (χ4n) is 2.69. The zero-order valence-electron chi connectivity index (χ0n) is 11.4. The molecule has 1 aromatic carbocycles. The Balaban J connectivity index is 1.74. The van der Waals surface area contributed by atoms with Crippen molar-refractivity contribution in [2.24, 2.45) is 0 Å². The van der Waals surface area contributed by atoms with Crippen molar-refractivity contribution in [2.45, 2.75) is 25.5 Å². The Labute approximate surface area is 120 Å². The molecule has 2 atom stereocenters. The van der Waals surface area contributed by atoms with Crippen molar-refractivity contribution in [1.29, 1.82) is 0 Å². The summed E-state index contributed by atoms with van der Waals surface area (Å²) in [6.45, 7) is 2.20. The van der Waals surface area contributed by atoms with Crippen LogP contribution in [-0.2, 0) is 0 Å². The average Bonchev–Trinajstić information content (AvgIpc) is 3.15. The van der Waals surface area contributed by atoms with Gasteiger partial charge in [-0.3, -0.25) is 0 Å². The van der Waals surface area contributed by atoms with Crippen LogP contribution in [0.3, 0.4) is 0 Å². The topological polar surface area (TPSA) is 88.4 Å². The highest BCUT2D eigenvalue weighted by Gasteiger charge is 2.38. The van der Waals surface area contributed by atoms with Gasteiger partial charge >= 0.3 is 0 Å². The summed E-state index contributed by atoms with van der Waals surface area (Å²) >= 11 is 0. The third kappa shape index (κ3) is 2.06. The number of aromatic nitrogens is 3. The summed E-state index contributed by atoms with van der Waals surface area (Å²) in [4.78, 5) is 10.6. The largest absolute Gasteiger partial charge is 0.423 e. The molecule has 1 fully saturated rings. The number of aryl methyl sites for hydroxylation is 1. The Kier molecular flexibility index (Phi) is 2.68. The summed E-state index contributed by atoms with van der Waals surface area (Å²) in [5.41, 5.74) is 1.50. The summed E-state index contributed by atoms with van der Waals surface area (Å²) < 4.78 is 11.0. The molecular weight excluding hydrogens is 272 g/mol. The van der Waals surface area contributed by atoms with E-state index in [2.05, 4.69) is 15.1 Å². The minimum Gasteiger partial charge on any atom is -0.423 e. The van der Waals surface area contributed by atoms with Gasteiger partial charge in [0.05, 0.1) is 6.10 Å². The van der Waals surface area contributed by atoms with Crippen LogP contribution in [0.25, 0.3) is 11.1 Å². The number of para-hydroxylation sites is 2. The molecule has 7 nitrogen and oxygen atoms in total. The van der Waals surface area contributed by atoms with Crippen LogP contribution >= 0.6 is 0 Å². The molecule has 0 unspecified atom stereocenters. The first-order valence-electron chi connectivity index (χ1n) is 6.81. The molecule has 4 rings (SSSR count). The van der Waals surface area contributed by atoms with Gasteiger partial charge in [0, 0.05) is 13.0 Å². The van der Waals surface area contributed by atoms with Gasteiger partial charge in [-0.05, 0) is 19.1 Å². The first-order valence-corrected chi connectivity index (χ1v) is 6.81. The normalized spacial score (nSPS) is 22.3. The molecule has 0 spiro atoms. The van der Waals surface area contributed by atoms with Crippen LogP contribution in [0, 0.1) is 6.92 Å². The molecule has 1 aliphatic rings. The molecule has 3 aromatic rings. The van der Waals surface area contributed by atoms with Crippen LogP contribution < -0.4 is 4.90 Å². The van der Waals surface area contributed by atoms with Crippen LogP contribution in [0.4, 0.5) is 6.01 Å². The van der Waals surface area contributed by atoms with Gasteiger partial charge in [0.25, 0.3) is 6.01 Å². The average molecular weight is 286 g/mol. The van der Waals surface area contributed by atoms with Crippen molar-refractivity contribution in [3.63, 3.8) is 0 Å². The second-order valence-electron chi connectivity index (χ2n) is 5.20. The lowest BCUT2D eigenvalue weighted by atomic mass is 10.2. The van der Waals surface area contributed by atoms with Crippen molar-refractivity contribution in [1.82, 2.24) is 15.1 Å². The van der Waals surface area contributed by atoms with Gasteiger partial charge in [-0.2, -0.15) is 9.97 Å². The molecule has 3 heterocycles. The van der Waals surface area contributed by atoms with E-state index in [9.17, 15) is 5.11 Å². The predicted octanol–water partition coefficient (Wildman–Crippen LogP) is 1.83. The highest BCUT2D eigenvalue weighted by molar-refractivity contribution is 5.74. The molecule has 1 N–H and O–H groups in total. The van der Waals surface area contributed by atoms with Gasteiger partial charge in [-0.1, -0.05) is 17.3 Å². The van der Waals surface area contributed by atoms with Gasteiger partial charge in [0.2, 0.25) is 5.89 Å². The standard InChI is InChI=1S/C14H14N4O3/c1-8-15-13(21-17-8)11-6-9(19)7-18(11)14-16-10-4-2-3-5-12(10)20-14/h2-5,9,11,19H,6-7H2,1H3/t9-,11+/m0/s1. The Morgan fingerprint density at radius 3 is 2.90 bits per heavy atom. The fourth-order valence-corrected chi connectivity index (χ4v) is 2.69. The Bertz CT molecular complexity index is 748. The Hall–Kier alpha value is -2.41. The van der Waals surface area contributed by atoms with Crippen LogP contribution in [0.15, 0.2) is 33.2 Å². The zero-order chi connectivity index (χ0) is 14.4. The molecule has 0 radical (unpaired) electrons. The van der Waals surface area contributed by atoms with E-state index in [4.69, 9.17) is 8.94 Å². The Morgan fingerprint density at radius 2 is 2.14 bits per heavy atom. The summed E-state index contributed by atoms with van der Waals surface area (Å²) in [5, 5.41) is 13.8. The van der Waals surface area contributed by atoms with Gasteiger partial charge in [-0.15, -0.1) is 0 Å². The number of aliphatic hydroxyl groups excluding tert-OH is 1. The number of oxazole rings is 1. The fraction of sp³-hybridized carbons (Fsp3) is 0.357. The molecule has 1 saturated heterocycles. The monoisotopic (exact) mass is 286 g/mol. The number of aliphatic hydroxyl groups is 1. The number of hydrogen-bond donors (Lipinski definition) is 1. The second kappa shape index (κ2) is 4.56. The molecule has 2 aromatic heterocycles. The van der Waals surface area contributed by atoms with Gasteiger partial charge < -0.3 is 18.9 Å². The van der Waals surface area contributed by atoms with E-state index in [0.29, 0.717) is 36.3 Å². The van der Waals surface area contributed by atoms with Crippen molar-refractivity contribution in [3.05, 3.63) is 36.0 Å². The first kappa shape index (κ1) is 12.3. The van der Waals surface area contributed by atoms with Crippen LogP contribution in [-0.4, -0.2) is 32.9 Å². The zero-order valence-corrected chi connectivity index (χ0v) is 11.4. The lowest BCUT2D eigenvalue weighted by Gasteiger charge is -2.18. The number of anilines is 1. The number of rotatable bonds is 2. The molecule has 7 heteroatoms. The van der Waals surface area contributed by atoms with E-state index >= 15 is 0 Å². The molecule has 0 saturated carbocycles. The van der Waals surface area contributed by atoms with E-state index in [1.54, 1.807) is 6.92 Å². The van der Waals surface area contributed by atoms with E-state index in [-0.39, 0.29) is 6.04 Å². The maximum atomic E-state index is 9.97. The highest BCUT2D eigenvalue weighted by atomic mass is 16.5. The molecule has 0 amide bonds. The van der Waals surface area contributed by atoms with Crippen molar-refractivity contribution in [3.8, 4) is 0 Å². The lowest BCUT2D eigenvalue weighted by molar-refractivity contribution is 0.191. The predicted molar refractivity (Wildman–Crippen MR) is 73.8 cm³/mol. The quantitative estimate of drug-likeness (QED) is 0.768. The van der Waals surface area contributed by atoms with Crippen LogP contribution in [0.2, 0.25) is 0 Å². The SMILES string of the molecule is Cc1noc([C@H]2C[C@H](O)CN2c2nc3ccccc3o2)n1. The maximum Gasteiger partial charge on any atom is 0.299 e. The molecular formula is C14H14N4O3. The summed E-state index contributed by atoms with van der Waals surface area (Å²) in [7, 11) is 0. The molecule has 0 aliphatic carbocycles. The minimum absolute atomic E-state index is 0.214. The van der Waals surface area contributed by atoms with Crippen LogP contribution in [0.5, 0.6) is 0 Å². The summed E-state index contributed by atoms with van der Waals surface area (Å²) in [6, 6.07) is 7.81. The Morgan fingerprint density at radius 1 is 1.29 bits per heavy atom. The van der Waals surface area contributed by atoms with Gasteiger partial charge in [0.15, 0.2) is 11.4 Å². The number of hydrogen-bond acceptors (Lipinski definition) is 7. The summed E-state index contributed by atoms with van der Waals surface area (Å²) in [6.07, 6.45) is 0.0394. The summed E-state index contributed by atoms with van der Waals surface area (Å²) in [5.74, 6) is 1.05. The van der Waals surface area contributed by atoms with Crippen molar-refractivity contribution < 1.29 is 14.0 Å². The van der Waals surface area contributed by atoms with E-state index in [1.807, 2.05) is 29.2 Å². The van der Waals surface area contributed by atoms with Crippen LogP contribution in [0.1, 0.15) is 24.2 Å². The highest BCUT2D eigenvalue weighted by Crippen LogP contribution is 2.36. The first-order chi connectivity index (χ1) is 10.2. The number of fused-ring (bicyclic) bond motifs is 1. The van der Waals surface area contributed by atoms with Gasteiger partial charge in [-0.25, -0.2) is 0 Å². The molecule has 1 aliphatic heterocycles. The smallest absolute Gasteiger partial charge is 0.299 e. The number of benzene rings is 1. The van der Waals surface area contributed by atoms with E-state index in [0.717, 1.165) is 5.52 Å². The third-order valence-electron chi connectivity index (χ3n) is 3.64. The van der Waals surface area contributed by atoms with E-state index < -0.39 is 6.10 Å². The molecule has 0 bridgehead atoms. The van der Waals surface area contributed by atoms with Gasteiger partial charge in [0.1, 0.15) is 11.6 Å². The number of β-amino-alcohol motifs (C(OH)–C–C–N with tert-alkyl or cyclic N) is 1. The lowest BCUT2D eigenvalue weighted by Crippen LogP contribution is -2.24. The molecule has 108 valence electrons. The third-order valence-corrected chi connectivity index (χ3v) is 3.64. The van der Waals surface area contributed by atoms with Crippen molar-refractivity contribution in [2.75, 3.05) is 11.4 Å². The van der Waals surface area contributed by atoms with Crippen molar-refractivity contribution >= 4 is 17.1 Å². The second-order valence-corrected chi connectivity index (χ2v) is 5.20. The number of nitrogens with zero attached hydrogens (tertiary/aromatic N) is 4. The maximum absolute atomic E-state index is 9.97. The van der Waals surface area contributed by atoms with E-state index in [1.165, 1.54) is 0 Å². The minimum atomic E-state index is -0.475. The molecule has 21 heavy (non-hydrogen) atoms.